The molecule has 1 aliphatic rings. The summed E-state index contributed by atoms with van der Waals surface area (Å²) in [6.07, 6.45) is -0.772. The number of fused-ring (bicyclic) bond motifs is 1. The maximum Gasteiger partial charge on any atom is 0.417 e. The molecule has 1 aliphatic heterocycles. The maximum atomic E-state index is 13.2. The van der Waals surface area contributed by atoms with Gasteiger partial charge < -0.3 is 15.0 Å². The van der Waals surface area contributed by atoms with Crippen LogP contribution in [0.1, 0.15) is 58.6 Å². The SMILES string of the molecule is CC(C)CC(C(C)NC(=O)C(C)(C)Oc1ccc(C(F)(F)F)cn1)N1CCCc2ccccc21. The molecule has 0 bridgehead atoms. The van der Waals surface area contributed by atoms with Crippen molar-refractivity contribution in [2.75, 3.05) is 11.4 Å². The van der Waals surface area contributed by atoms with Crippen LogP contribution in [-0.4, -0.2) is 35.1 Å². The van der Waals surface area contributed by atoms with Gasteiger partial charge in [-0.1, -0.05) is 32.0 Å². The first-order chi connectivity index (χ1) is 15.9. The largest absolute Gasteiger partial charge is 0.462 e. The summed E-state index contributed by atoms with van der Waals surface area (Å²) in [6.45, 7) is 10.4. The number of hydrogen-bond acceptors (Lipinski definition) is 4. The molecular weight excluding hydrogens is 443 g/mol. The van der Waals surface area contributed by atoms with Crippen LogP contribution in [0, 0.1) is 5.92 Å². The van der Waals surface area contributed by atoms with Gasteiger partial charge in [0.1, 0.15) is 0 Å². The molecule has 5 nitrogen and oxygen atoms in total. The lowest BCUT2D eigenvalue weighted by Gasteiger charge is -2.42. The Balaban J connectivity index is 1.73. The lowest BCUT2D eigenvalue weighted by molar-refractivity contribution is -0.138. The summed E-state index contributed by atoms with van der Waals surface area (Å²) < 4.78 is 44.1. The smallest absolute Gasteiger partial charge is 0.417 e. The van der Waals surface area contributed by atoms with E-state index < -0.39 is 17.3 Å². The number of hydrogen-bond donors (Lipinski definition) is 1. The molecule has 1 N–H and O–H groups in total. The molecular formula is C26H34F3N3O2. The average Bonchev–Trinajstić information content (AvgIpc) is 2.76. The fourth-order valence-electron chi connectivity index (χ4n) is 4.38. The summed E-state index contributed by atoms with van der Waals surface area (Å²) in [5.41, 5.74) is 0.348. The minimum atomic E-state index is -4.48. The molecule has 2 atom stereocenters. The van der Waals surface area contributed by atoms with Crippen molar-refractivity contribution < 1.29 is 22.7 Å². The molecule has 0 spiro atoms. The Hall–Kier alpha value is -2.77. The molecule has 1 amide bonds. The molecule has 1 aromatic carbocycles. The number of halogens is 3. The highest BCUT2D eigenvalue weighted by molar-refractivity contribution is 5.85. The van der Waals surface area contributed by atoms with Gasteiger partial charge in [-0.05, 0) is 63.6 Å². The number of rotatable bonds is 8. The van der Waals surface area contributed by atoms with Crippen molar-refractivity contribution in [1.82, 2.24) is 10.3 Å². The molecule has 8 heteroatoms. The minimum absolute atomic E-state index is 0.0375. The Labute approximate surface area is 199 Å². The van der Waals surface area contributed by atoms with Gasteiger partial charge in [0.15, 0.2) is 5.60 Å². The van der Waals surface area contributed by atoms with E-state index >= 15 is 0 Å². The number of nitrogens with zero attached hydrogens (tertiary/aromatic N) is 2. The Morgan fingerprint density at radius 1 is 1.15 bits per heavy atom. The fourth-order valence-corrected chi connectivity index (χ4v) is 4.38. The van der Waals surface area contributed by atoms with Crippen LogP contribution in [0.15, 0.2) is 42.6 Å². The number of nitrogens with one attached hydrogen (secondary N) is 1. The minimum Gasteiger partial charge on any atom is -0.462 e. The number of carbonyl (C=O) groups is 1. The maximum absolute atomic E-state index is 13.2. The van der Waals surface area contributed by atoms with Crippen LogP contribution >= 0.6 is 0 Å². The summed E-state index contributed by atoms with van der Waals surface area (Å²) in [5.74, 6) is 0.0456. The number of benzene rings is 1. The Morgan fingerprint density at radius 3 is 2.47 bits per heavy atom. The Bertz CT molecular complexity index is 974. The molecule has 1 aromatic heterocycles. The average molecular weight is 478 g/mol. The molecule has 0 fully saturated rings. The van der Waals surface area contributed by atoms with E-state index in [0.717, 1.165) is 37.9 Å². The lowest BCUT2D eigenvalue weighted by atomic mass is 9.92. The van der Waals surface area contributed by atoms with E-state index in [9.17, 15) is 18.0 Å². The van der Waals surface area contributed by atoms with Crippen molar-refractivity contribution in [2.24, 2.45) is 5.92 Å². The highest BCUT2D eigenvalue weighted by atomic mass is 19.4. The van der Waals surface area contributed by atoms with Crippen LogP contribution in [0.4, 0.5) is 18.9 Å². The van der Waals surface area contributed by atoms with Gasteiger partial charge in [0, 0.05) is 36.6 Å². The molecule has 0 aliphatic carbocycles. The molecule has 2 unspecified atom stereocenters. The summed E-state index contributed by atoms with van der Waals surface area (Å²) in [5, 5.41) is 3.10. The molecule has 3 rings (SSSR count). The summed E-state index contributed by atoms with van der Waals surface area (Å²) >= 11 is 0. The predicted octanol–water partition coefficient (Wildman–Crippen LogP) is 5.63. The van der Waals surface area contributed by atoms with Gasteiger partial charge in [0.25, 0.3) is 5.91 Å². The van der Waals surface area contributed by atoms with Gasteiger partial charge >= 0.3 is 6.18 Å². The molecule has 34 heavy (non-hydrogen) atoms. The molecule has 2 heterocycles. The van der Waals surface area contributed by atoms with Gasteiger partial charge in [-0.15, -0.1) is 0 Å². The van der Waals surface area contributed by atoms with E-state index in [1.165, 1.54) is 11.3 Å². The zero-order valence-corrected chi connectivity index (χ0v) is 20.4. The topological polar surface area (TPSA) is 54.5 Å². The number of para-hydroxylation sites is 1. The van der Waals surface area contributed by atoms with Crippen molar-refractivity contribution >= 4 is 11.6 Å². The molecule has 0 radical (unpaired) electrons. The number of anilines is 1. The highest BCUT2D eigenvalue weighted by Gasteiger charge is 2.36. The van der Waals surface area contributed by atoms with Crippen LogP contribution in [0.2, 0.25) is 0 Å². The number of ether oxygens (including phenoxy) is 1. The van der Waals surface area contributed by atoms with E-state index in [0.29, 0.717) is 12.1 Å². The number of pyridine rings is 1. The van der Waals surface area contributed by atoms with E-state index in [1.807, 2.05) is 13.0 Å². The van der Waals surface area contributed by atoms with Crippen LogP contribution in [0.5, 0.6) is 5.88 Å². The zero-order chi connectivity index (χ0) is 25.1. The second-order valence-electron chi connectivity index (χ2n) is 9.88. The van der Waals surface area contributed by atoms with E-state index in [2.05, 4.69) is 47.2 Å². The second kappa shape index (κ2) is 10.2. The normalized spacial score (nSPS) is 16.1. The molecule has 0 saturated heterocycles. The van der Waals surface area contributed by atoms with Crippen molar-refractivity contribution in [3.05, 3.63) is 53.7 Å². The third-order valence-corrected chi connectivity index (χ3v) is 6.17. The van der Waals surface area contributed by atoms with E-state index in [4.69, 9.17) is 4.74 Å². The van der Waals surface area contributed by atoms with Crippen molar-refractivity contribution in [3.8, 4) is 5.88 Å². The molecule has 0 saturated carbocycles. The number of aryl methyl sites for hydroxylation is 1. The van der Waals surface area contributed by atoms with Gasteiger partial charge in [-0.2, -0.15) is 13.2 Å². The first-order valence-corrected chi connectivity index (χ1v) is 11.8. The number of aromatic nitrogens is 1. The van der Waals surface area contributed by atoms with Crippen LogP contribution < -0.4 is 15.0 Å². The Morgan fingerprint density at radius 2 is 1.85 bits per heavy atom. The van der Waals surface area contributed by atoms with E-state index in [1.54, 1.807) is 13.8 Å². The summed E-state index contributed by atoms with van der Waals surface area (Å²) in [7, 11) is 0. The predicted molar refractivity (Wildman–Crippen MR) is 127 cm³/mol. The van der Waals surface area contributed by atoms with Crippen molar-refractivity contribution in [1.29, 1.82) is 0 Å². The van der Waals surface area contributed by atoms with Gasteiger partial charge in [-0.3, -0.25) is 4.79 Å². The van der Waals surface area contributed by atoms with Gasteiger partial charge in [0.05, 0.1) is 5.56 Å². The van der Waals surface area contributed by atoms with Gasteiger partial charge in [0.2, 0.25) is 5.88 Å². The summed E-state index contributed by atoms with van der Waals surface area (Å²) in [4.78, 5) is 19.3. The second-order valence-corrected chi connectivity index (χ2v) is 9.88. The third-order valence-electron chi connectivity index (χ3n) is 6.17. The first kappa shape index (κ1) is 25.8. The quantitative estimate of drug-likeness (QED) is 0.535. The Kier molecular flexibility index (Phi) is 7.78. The highest BCUT2D eigenvalue weighted by Crippen LogP contribution is 2.32. The number of alkyl halides is 3. The number of amides is 1. The molecule has 2 aromatic rings. The van der Waals surface area contributed by atoms with Crippen LogP contribution in [0.3, 0.4) is 0 Å². The first-order valence-electron chi connectivity index (χ1n) is 11.8. The van der Waals surface area contributed by atoms with Crippen LogP contribution in [0.25, 0.3) is 0 Å². The summed E-state index contributed by atoms with van der Waals surface area (Å²) in [6, 6.07) is 10.3. The number of carbonyl (C=O) groups excluding carboxylic acids is 1. The van der Waals surface area contributed by atoms with Crippen molar-refractivity contribution in [3.63, 3.8) is 0 Å². The zero-order valence-electron chi connectivity index (χ0n) is 20.4. The lowest BCUT2D eigenvalue weighted by Crippen LogP contribution is -2.57. The monoisotopic (exact) mass is 477 g/mol. The van der Waals surface area contributed by atoms with Crippen molar-refractivity contribution in [2.45, 2.75) is 77.7 Å². The van der Waals surface area contributed by atoms with E-state index in [-0.39, 0.29) is 23.9 Å². The standard InChI is InChI=1S/C26H34F3N3O2/c1-17(2)15-22(32-14-8-10-19-9-6-7-11-21(19)32)18(3)31-24(33)25(4,5)34-23-13-12-20(16-30-23)26(27,28)29/h6-7,9,11-13,16-18,22H,8,10,14-15H2,1-5H3,(H,31,33). The molecule has 186 valence electrons. The van der Waals surface area contributed by atoms with Gasteiger partial charge in [-0.25, -0.2) is 4.98 Å². The third kappa shape index (κ3) is 6.21. The fraction of sp³-hybridized carbons (Fsp3) is 0.538. The van der Waals surface area contributed by atoms with Crippen LogP contribution in [-0.2, 0) is 17.4 Å².